The Balaban J connectivity index is 1.15. The zero-order valence-electron chi connectivity index (χ0n) is 19.7. The number of sulfonamides is 1. The summed E-state index contributed by atoms with van der Waals surface area (Å²) in [5.74, 6) is -0.103. The highest BCUT2D eigenvalue weighted by atomic mass is 32.2. The Kier molecular flexibility index (Phi) is 5.63. The number of aromatic nitrogens is 4. The number of nitrogens with zero attached hydrogens (tertiary/aromatic N) is 6. The Labute approximate surface area is 208 Å². The fourth-order valence-corrected chi connectivity index (χ4v) is 7.20. The van der Waals surface area contributed by atoms with Crippen molar-refractivity contribution < 1.29 is 23.1 Å². The van der Waals surface area contributed by atoms with E-state index < -0.39 is 16.1 Å². The third-order valence-corrected chi connectivity index (χ3v) is 9.54. The van der Waals surface area contributed by atoms with Gasteiger partial charge in [0.25, 0.3) is 0 Å². The summed E-state index contributed by atoms with van der Waals surface area (Å²) in [5.41, 5.74) is 3.73. The number of carbonyl (C=O) groups is 1. The van der Waals surface area contributed by atoms with E-state index in [1.54, 1.807) is 40.7 Å². The predicted octanol–water partition coefficient (Wildman–Crippen LogP) is 1.07. The van der Waals surface area contributed by atoms with Gasteiger partial charge in [0.2, 0.25) is 10.0 Å². The normalized spacial score (nSPS) is 23.0. The largest absolute Gasteiger partial charge is 0.457 e. The van der Waals surface area contributed by atoms with Crippen molar-refractivity contribution in [1.82, 2.24) is 29.4 Å². The van der Waals surface area contributed by atoms with E-state index in [1.165, 1.54) is 11.0 Å². The number of aliphatic hydroxyl groups excluding tert-OH is 1. The first-order valence-corrected chi connectivity index (χ1v) is 13.3. The highest BCUT2D eigenvalue weighted by molar-refractivity contribution is 7.89. The van der Waals surface area contributed by atoms with Gasteiger partial charge in [0.15, 0.2) is 0 Å². The van der Waals surface area contributed by atoms with E-state index in [0.717, 1.165) is 29.7 Å². The van der Waals surface area contributed by atoms with Gasteiger partial charge in [-0.15, -0.1) is 5.10 Å². The van der Waals surface area contributed by atoms with E-state index in [9.17, 15) is 18.3 Å². The second-order valence-corrected chi connectivity index (χ2v) is 11.5. The topological polar surface area (TPSA) is 131 Å². The summed E-state index contributed by atoms with van der Waals surface area (Å²) >= 11 is 0. The zero-order valence-corrected chi connectivity index (χ0v) is 20.5. The lowest BCUT2D eigenvalue weighted by Crippen LogP contribution is -2.39. The molecular formula is C24H26N6O5S. The number of ether oxygens (including phenoxy) is 1. The third kappa shape index (κ3) is 3.81. The number of benzene rings is 2. The smallest absolute Gasteiger partial charge is 0.338 e. The summed E-state index contributed by atoms with van der Waals surface area (Å²) in [5, 5.41) is 22.1. The van der Waals surface area contributed by atoms with Gasteiger partial charge in [-0.05, 0) is 77.7 Å². The van der Waals surface area contributed by atoms with Crippen molar-refractivity contribution in [2.45, 2.75) is 37.0 Å². The van der Waals surface area contributed by atoms with Crippen molar-refractivity contribution in [2.75, 3.05) is 26.2 Å². The standard InChI is InChI=1S/C24H26N6O5S/c1-15-19(6-7-20-21(15)13-35-24(20)32)23(31)12-28-9-8-16-10-29(11-22(16)28)36(33,34)18-4-2-17(3-5-18)30-14-25-26-27-30/h2-7,14,16,22-23,31H,8-13H2,1H3/t16?,22?,23-/m0/s1. The average molecular weight is 511 g/mol. The number of tetrazole rings is 1. The lowest BCUT2D eigenvalue weighted by molar-refractivity contribution is 0.0535. The molecular weight excluding hydrogens is 484 g/mol. The molecule has 3 atom stereocenters. The highest BCUT2D eigenvalue weighted by Gasteiger charge is 2.45. The van der Waals surface area contributed by atoms with Crippen LogP contribution in [0.25, 0.3) is 5.69 Å². The first kappa shape index (κ1) is 23.2. The molecule has 11 nitrogen and oxygen atoms in total. The number of esters is 1. The molecule has 0 spiro atoms. The Bertz CT molecular complexity index is 1410. The summed E-state index contributed by atoms with van der Waals surface area (Å²) in [6, 6.07) is 10.1. The molecule has 0 bridgehead atoms. The van der Waals surface area contributed by atoms with Crippen molar-refractivity contribution in [3.8, 4) is 5.69 Å². The monoisotopic (exact) mass is 510 g/mol. The molecule has 1 aromatic heterocycles. The number of likely N-dealkylation sites (tertiary alicyclic amines) is 1. The molecule has 36 heavy (non-hydrogen) atoms. The number of rotatable bonds is 6. The second kappa shape index (κ2) is 8.73. The van der Waals surface area contributed by atoms with Crippen LogP contribution >= 0.6 is 0 Å². The van der Waals surface area contributed by atoms with Gasteiger partial charge >= 0.3 is 5.97 Å². The molecule has 0 radical (unpaired) electrons. The second-order valence-electron chi connectivity index (χ2n) is 9.58. The number of carbonyl (C=O) groups excluding carboxylic acids is 1. The van der Waals surface area contributed by atoms with E-state index in [0.29, 0.717) is 30.9 Å². The van der Waals surface area contributed by atoms with Gasteiger partial charge in [0.1, 0.15) is 12.9 Å². The molecule has 12 heteroatoms. The Hall–Kier alpha value is -3.19. The minimum absolute atomic E-state index is 0.0505. The van der Waals surface area contributed by atoms with Crippen molar-refractivity contribution >= 4 is 16.0 Å². The van der Waals surface area contributed by atoms with Crippen LogP contribution in [0.5, 0.6) is 0 Å². The minimum atomic E-state index is -3.65. The number of β-amino-alcohol motifs (C(OH)–C–C–N with tert-alkyl or cyclic N) is 1. The Morgan fingerprint density at radius 1 is 1.17 bits per heavy atom. The number of hydrogen-bond acceptors (Lipinski definition) is 9. The van der Waals surface area contributed by atoms with Crippen LogP contribution in [0.2, 0.25) is 0 Å². The Morgan fingerprint density at radius 3 is 2.72 bits per heavy atom. The lowest BCUT2D eigenvalue weighted by atomic mass is 9.95. The van der Waals surface area contributed by atoms with Crippen LogP contribution < -0.4 is 0 Å². The van der Waals surface area contributed by atoms with E-state index in [-0.39, 0.29) is 29.4 Å². The van der Waals surface area contributed by atoms with E-state index in [1.807, 2.05) is 6.92 Å². The van der Waals surface area contributed by atoms with Gasteiger partial charge < -0.3 is 9.84 Å². The molecule has 2 saturated heterocycles. The zero-order chi connectivity index (χ0) is 25.0. The molecule has 0 amide bonds. The van der Waals surface area contributed by atoms with Gasteiger partial charge in [-0.1, -0.05) is 6.07 Å². The minimum Gasteiger partial charge on any atom is -0.457 e. The summed E-state index contributed by atoms with van der Waals surface area (Å²) in [6.07, 6.45) is 1.59. The molecule has 0 saturated carbocycles. The van der Waals surface area contributed by atoms with Gasteiger partial charge in [0, 0.05) is 31.2 Å². The number of cyclic esters (lactones) is 1. The van der Waals surface area contributed by atoms with Crippen molar-refractivity contribution in [3.05, 3.63) is 65.0 Å². The fraction of sp³-hybridized carbons (Fsp3) is 0.417. The molecule has 3 aromatic rings. The van der Waals surface area contributed by atoms with Gasteiger partial charge in [-0.3, -0.25) is 4.90 Å². The van der Waals surface area contributed by atoms with Crippen molar-refractivity contribution in [2.24, 2.45) is 5.92 Å². The van der Waals surface area contributed by atoms with E-state index in [4.69, 9.17) is 4.74 Å². The first-order valence-electron chi connectivity index (χ1n) is 11.9. The van der Waals surface area contributed by atoms with Gasteiger partial charge in [-0.25, -0.2) is 17.9 Å². The lowest BCUT2D eigenvalue weighted by Gasteiger charge is -2.27. The van der Waals surface area contributed by atoms with Crippen LogP contribution in [-0.4, -0.2) is 81.1 Å². The molecule has 0 aliphatic carbocycles. The fourth-order valence-electron chi connectivity index (χ4n) is 5.68. The molecule has 2 aromatic carbocycles. The first-order chi connectivity index (χ1) is 17.3. The molecule has 3 aliphatic heterocycles. The quantitative estimate of drug-likeness (QED) is 0.484. The van der Waals surface area contributed by atoms with Crippen LogP contribution in [0.3, 0.4) is 0 Å². The van der Waals surface area contributed by atoms with Crippen molar-refractivity contribution in [3.63, 3.8) is 0 Å². The van der Waals surface area contributed by atoms with Crippen LogP contribution in [0, 0.1) is 12.8 Å². The summed E-state index contributed by atoms with van der Waals surface area (Å²) in [6.45, 7) is 4.21. The predicted molar refractivity (Wildman–Crippen MR) is 127 cm³/mol. The van der Waals surface area contributed by atoms with Crippen molar-refractivity contribution in [1.29, 1.82) is 0 Å². The number of hydrogen-bond donors (Lipinski definition) is 1. The van der Waals surface area contributed by atoms with Crippen LogP contribution in [0.4, 0.5) is 0 Å². The maximum absolute atomic E-state index is 13.4. The van der Waals surface area contributed by atoms with E-state index >= 15 is 0 Å². The summed E-state index contributed by atoms with van der Waals surface area (Å²) in [7, 11) is -3.65. The van der Waals surface area contributed by atoms with Gasteiger partial charge in [-0.2, -0.15) is 4.31 Å². The van der Waals surface area contributed by atoms with E-state index in [2.05, 4.69) is 20.4 Å². The SMILES string of the molecule is Cc1c([C@@H](O)CN2CCC3CN(S(=O)(=O)c4ccc(-n5cnnn5)cc4)CC32)ccc2c1COC2=O. The molecule has 2 unspecified atom stereocenters. The summed E-state index contributed by atoms with van der Waals surface area (Å²) < 4.78 is 34.9. The molecule has 3 aliphatic rings. The Morgan fingerprint density at radius 2 is 1.97 bits per heavy atom. The summed E-state index contributed by atoms with van der Waals surface area (Å²) in [4.78, 5) is 14.3. The molecule has 2 fully saturated rings. The van der Waals surface area contributed by atoms with Crippen LogP contribution in [0.1, 0.15) is 39.6 Å². The van der Waals surface area contributed by atoms with Crippen LogP contribution in [0.15, 0.2) is 47.6 Å². The maximum atomic E-state index is 13.4. The number of aliphatic hydroxyl groups is 1. The maximum Gasteiger partial charge on any atom is 0.338 e. The van der Waals surface area contributed by atoms with Gasteiger partial charge in [0.05, 0.1) is 22.3 Å². The highest BCUT2D eigenvalue weighted by Crippen LogP contribution is 2.36. The van der Waals surface area contributed by atoms with Crippen LogP contribution in [-0.2, 0) is 21.4 Å². The average Bonchev–Trinajstić information content (AvgIpc) is 3.66. The molecule has 4 heterocycles. The molecule has 188 valence electrons. The third-order valence-electron chi connectivity index (χ3n) is 7.69. The molecule has 6 rings (SSSR count). The molecule has 1 N–H and O–H groups in total. The number of fused-ring (bicyclic) bond motifs is 2.